The fourth-order valence-corrected chi connectivity index (χ4v) is 2.93. The van der Waals surface area contributed by atoms with Crippen LogP contribution >= 0.6 is 11.6 Å². The van der Waals surface area contributed by atoms with E-state index in [0.29, 0.717) is 18.2 Å². The van der Waals surface area contributed by atoms with Gasteiger partial charge in [0.25, 0.3) is 11.8 Å². The van der Waals surface area contributed by atoms with Gasteiger partial charge in [0.2, 0.25) is 11.6 Å². The number of ether oxygens (including phenoxy) is 3. The third kappa shape index (κ3) is 5.74. The van der Waals surface area contributed by atoms with Crippen molar-refractivity contribution in [3.05, 3.63) is 70.0 Å². The zero-order valence-electron chi connectivity index (χ0n) is 23.3. The van der Waals surface area contributed by atoms with Gasteiger partial charge in [-0.3, -0.25) is 14.6 Å². The number of hydrogen-bond acceptors (Lipinski definition) is 6. The zero-order valence-corrected chi connectivity index (χ0v) is 18.1. The van der Waals surface area contributed by atoms with Crippen LogP contribution < -0.4 is 25.3 Å². The van der Waals surface area contributed by atoms with E-state index in [1.807, 2.05) is 0 Å². The maximum absolute atomic E-state index is 15.6. The molecule has 3 rings (SSSR count). The summed E-state index contributed by atoms with van der Waals surface area (Å²) in [6, 6.07) is 3.64. The van der Waals surface area contributed by atoms with E-state index in [0.717, 1.165) is 18.3 Å². The first-order valence-electron chi connectivity index (χ1n) is 12.2. The first kappa shape index (κ1) is 19.1. The number of nitrogens with two attached hydrogens (primary N) is 1. The van der Waals surface area contributed by atoms with Gasteiger partial charge in [0.15, 0.2) is 11.5 Å². The van der Waals surface area contributed by atoms with Crippen molar-refractivity contribution in [2.24, 2.45) is 5.73 Å². The highest BCUT2D eigenvalue weighted by molar-refractivity contribution is 6.31. The predicted molar refractivity (Wildman–Crippen MR) is 117 cm³/mol. The van der Waals surface area contributed by atoms with E-state index >= 15 is 4.39 Å². The number of anilines is 1. The molecule has 2 aromatic carbocycles. The Labute approximate surface area is 213 Å². The first-order chi connectivity index (χ1) is 19.2. The van der Waals surface area contributed by atoms with Crippen molar-refractivity contribution in [3.8, 4) is 23.0 Å². The number of amides is 2. The SMILES string of the molecule is [2H]C([2H])([2H])Oc1c(Oc2cc(Cl)c(C([2H])([2H])[2H])c(F)c2C(=O)Nc2ccnc(C(N)=O)c2)ccc(OC(F)(F)F)c1F. The number of nitrogens with zero attached hydrogens (tertiary/aromatic N) is 1. The van der Waals surface area contributed by atoms with Gasteiger partial charge in [0.1, 0.15) is 22.8 Å². The molecule has 0 aliphatic carbocycles. The minimum absolute atomic E-state index is 0.189. The standard InChI is InChI=1S/C22H15ClF5N3O5/c1-9-11(23)8-15(35-14-4-3-13(36-22(26,27)28)18(25)19(14)34-2)16(17(9)24)21(33)31-10-5-6-30-12(7-10)20(29)32/h3-8H,1-2H3,(H2,29,32)(H,30,31,33)/i1D3,2D3. The Morgan fingerprint density at radius 2 is 1.83 bits per heavy atom. The molecule has 0 radical (unpaired) electrons. The molecule has 0 bridgehead atoms. The van der Waals surface area contributed by atoms with Crippen molar-refractivity contribution in [2.45, 2.75) is 13.2 Å². The first-order valence-corrected chi connectivity index (χ1v) is 9.60. The van der Waals surface area contributed by atoms with Crippen LogP contribution in [0.5, 0.6) is 23.0 Å². The fourth-order valence-electron chi connectivity index (χ4n) is 2.74. The molecule has 1 aromatic heterocycles. The fraction of sp³-hybridized carbons (Fsp3) is 0.136. The largest absolute Gasteiger partial charge is 0.573 e. The summed E-state index contributed by atoms with van der Waals surface area (Å²) in [4.78, 5) is 28.2. The van der Waals surface area contributed by atoms with E-state index < -0.39 is 82.8 Å². The molecule has 0 aliphatic heterocycles. The number of halogens is 6. The van der Waals surface area contributed by atoms with E-state index in [2.05, 4.69) is 19.8 Å². The summed E-state index contributed by atoms with van der Waals surface area (Å²) in [5, 5.41) is 1.32. The van der Waals surface area contributed by atoms with E-state index in [9.17, 15) is 27.2 Å². The predicted octanol–water partition coefficient (Wildman–Crippen LogP) is 5.37. The lowest BCUT2D eigenvalue weighted by atomic mass is 10.1. The van der Waals surface area contributed by atoms with Gasteiger partial charge in [-0.05, 0) is 31.1 Å². The molecule has 0 fully saturated rings. The van der Waals surface area contributed by atoms with Crippen molar-refractivity contribution in [1.29, 1.82) is 0 Å². The van der Waals surface area contributed by atoms with Crippen LogP contribution in [0.1, 0.15) is 34.6 Å². The topological polar surface area (TPSA) is 113 Å². The second-order valence-corrected chi connectivity index (χ2v) is 7.03. The van der Waals surface area contributed by atoms with E-state index in [4.69, 9.17) is 30.3 Å². The molecule has 3 N–H and O–H groups in total. The number of benzene rings is 2. The van der Waals surface area contributed by atoms with Crippen LogP contribution in [0.3, 0.4) is 0 Å². The molecule has 0 saturated heterocycles. The third-order valence-corrected chi connectivity index (χ3v) is 4.55. The molecule has 36 heavy (non-hydrogen) atoms. The number of carbonyl (C=O) groups excluding carboxylic acids is 2. The number of pyridine rings is 1. The summed E-state index contributed by atoms with van der Waals surface area (Å²) in [6.45, 7) is -3.23. The van der Waals surface area contributed by atoms with Crippen LogP contribution in [-0.4, -0.2) is 30.2 Å². The molecule has 3 aromatic rings. The maximum Gasteiger partial charge on any atom is 0.573 e. The number of rotatable bonds is 7. The van der Waals surface area contributed by atoms with Crippen LogP contribution in [0.2, 0.25) is 5.02 Å². The van der Waals surface area contributed by atoms with Crippen molar-refractivity contribution >= 4 is 29.1 Å². The second kappa shape index (κ2) is 10.2. The molecular formula is C22H15ClF5N3O5. The lowest BCUT2D eigenvalue weighted by Crippen LogP contribution is -2.18. The number of carbonyl (C=O) groups is 2. The van der Waals surface area contributed by atoms with Crippen LogP contribution in [0.25, 0.3) is 0 Å². The zero-order chi connectivity index (χ0) is 31.8. The quantitative estimate of drug-likeness (QED) is 0.392. The summed E-state index contributed by atoms with van der Waals surface area (Å²) in [5.74, 6) is -11.2. The van der Waals surface area contributed by atoms with Crippen LogP contribution in [-0.2, 0) is 0 Å². The number of nitrogens with one attached hydrogen (secondary N) is 1. The van der Waals surface area contributed by atoms with Crippen LogP contribution in [0, 0.1) is 18.5 Å². The molecule has 0 atom stereocenters. The van der Waals surface area contributed by atoms with Crippen molar-refractivity contribution in [2.75, 3.05) is 12.4 Å². The van der Waals surface area contributed by atoms with Crippen LogP contribution in [0.15, 0.2) is 36.5 Å². The monoisotopic (exact) mass is 537 g/mol. The van der Waals surface area contributed by atoms with Gasteiger partial charge < -0.3 is 25.3 Å². The van der Waals surface area contributed by atoms with Crippen molar-refractivity contribution < 1.29 is 54.0 Å². The molecule has 0 saturated carbocycles. The van der Waals surface area contributed by atoms with Gasteiger partial charge in [-0.15, -0.1) is 13.2 Å². The van der Waals surface area contributed by atoms with Crippen molar-refractivity contribution in [1.82, 2.24) is 4.98 Å². The van der Waals surface area contributed by atoms with Gasteiger partial charge in [-0.1, -0.05) is 11.6 Å². The number of aromatic nitrogens is 1. The molecule has 14 heteroatoms. The summed E-state index contributed by atoms with van der Waals surface area (Å²) in [5.41, 5.74) is 2.29. The molecule has 0 spiro atoms. The molecule has 2 amide bonds. The third-order valence-electron chi connectivity index (χ3n) is 4.25. The summed E-state index contributed by atoms with van der Waals surface area (Å²) in [7, 11) is -3.47. The molecule has 0 aliphatic rings. The van der Waals surface area contributed by atoms with Gasteiger partial charge in [0, 0.05) is 27.6 Å². The van der Waals surface area contributed by atoms with Gasteiger partial charge in [0.05, 0.1) is 16.2 Å². The number of hydrogen-bond donors (Lipinski definition) is 2. The Bertz CT molecular complexity index is 1550. The minimum atomic E-state index is -5.41. The Hall–Kier alpha value is -4.13. The van der Waals surface area contributed by atoms with E-state index in [1.54, 1.807) is 0 Å². The molecule has 1 heterocycles. The highest BCUT2D eigenvalue weighted by Crippen LogP contribution is 2.42. The van der Waals surface area contributed by atoms with E-state index in [-0.39, 0.29) is 11.4 Å². The highest BCUT2D eigenvalue weighted by atomic mass is 35.5. The van der Waals surface area contributed by atoms with Crippen molar-refractivity contribution in [3.63, 3.8) is 0 Å². The van der Waals surface area contributed by atoms with Gasteiger partial charge in [-0.25, -0.2) is 4.39 Å². The van der Waals surface area contributed by atoms with Gasteiger partial charge in [-0.2, -0.15) is 4.39 Å². The van der Waals surface area contributed by atoms with Crippen LogP contribution in [0.4, 0.5) is 27.6 Å². The molecule has 0 unspecified atom stereocenters. The summed E-state index contributed by atoms with van der Waals surface area (Å²) >= 11 is 5.94. The Kier molecular flexibility index (Phi) is 5.43. The summed E-state index contributed by atoms with van der Waals surface area (Å²) < 4.78 is 126. The number of primary amides is 1. The lowest BCUT2D eigenvalue weighted by Gasteiger charge is -2.18. The average Bonchev–Trinajstić information content (AvgIpc) is 2.80. The average molecular weight is 538 g/mol. The second-order valence-electron chi connectivity index (χ2n) is 6.63. The number of alkyl halides is 3. The molecular weight excluding hydrogens is 517 g/mol. The smallest absolute Gasteiger partial charge is 0.490 e. The normalized spacial score (nSPS) is 14.3. The Morgan fingerprint density at radius 3 is 2.47 bits per heavy atom. The molecule has 8 nitrogen and oxygen atoms in total. The number of methoxy groups -OCH3 is 1. The Balaban J connectivity index is 2.21. The van der Waals surface area contributed by atoms with Gasteiger partial charge >= 0.3 is 6.36 Å². The minimum Gasteiger partial charge on any atom is -0.490 e. The summed E-state index contributed by atoms with van der Waals surface area (Å²) in [6.07, 6.45) is -4.36. The highest BCUT2D eigenvalue weighted by Gasteiger charge is 2.34. The van der Waals surface area contributed by atoms with E-state index in [1.165, 1.54) is 0 Å². The maximum atomic E-state index is 15.6. The lowest BCUT2D eigenvalue weighted by molar-refractivity contribution is -0.275. The molecule has 190 valence electrons. The Morgan fingerprint density at radius 1 is 1.11 bits per heavy atom.